The molecular formula is C14H11BrF3NO3S. The normalized spacial score (nSPS) is 11.3. The number of esters is 1. The molecule has 0 saturated heterocycles. The van der Waals surface area contributed by atoms with Crippen LogP contribution in [0.15, 0.2) is 28.1 Å². The molecule has 2 aromatic rings. The molecule has 0 radical (unpaired) electrons. The zero-order valence-electron chi connectivity index (χ0n) is 11.7. The predicted octanol–water partition coefficient (Wildman–Crippen LogP) is 5.16. The van der Waals surface area contributed by atoms with Gasteiger partial charge in [0.05, 0.1) is 12.2 Å². The van der Waals surface area contributed by atoms with Crippen molar-refractivity contribution in [1.82, 2.24) is 0 Å². The first kappa shape index (κ1) is 17.6. The zero-order chi connectivity index (χ0) is 17.2. The lowest BCUT2D eigenvalue weighted by Gasteiger charge is -2.12. The summed E-state index contributed by atoms with van der Waals surface area (Å²) in [5.74, 6) is -1.04. The van der Waals surface area contributed by atoms with E-state index in [0.29, 0.717) is 0 Å². The third-order valence-corrected chi connectivity index (χ3v) is 4.36. The summed E-state index contributed by atoms with van der Waals surface area (Å²) in [5.41, 5.74) is -0.817. The molecule has 0 atom stereocenters. The lowest BCUT2D eigenvalue weighted by molar-refractivity contribution is -0.138. The molecule has 2 rings (SSSR count). The molecule has 0 spiro atoms. The van der Waals surface area contributed by atoms with Crippen LogP contribution in [0.4, 0.5) is 23.9 Å². The lowest BCUT2D eigenvalue weighted by Crippen LogP contribution is -2.08. The molecule has 0 amide bonds. The minimum Gasteiger partial charge on any atom is -0.506 e. The maximum atomic E-state index is 12.9. The second-order valence-electron chi connectivity index (χ2n) is 4.36. The number of hydrogen-bond donors (Lipinski definition) is 2. The van der Waals surface area contributed by atoms with Gasteiger partial charge in [-0.3, -0.25) is 0 Å². The molecule has 0 bridgehead atoms. The molecule has 0 fully saturated rings. The van der Waals surface area contributed by atoms with Crippen molar-refractivity contribution in [3.05, 3.63) is 39.2 Å². The van der Waals surface area contributed by atoms with Crippen LogP contribution in [0.25, 0.3) is 0 Å². The second-order valence-corrected chi connectivity index (χ2v) is 6.10. The Morgan fingerprint density at radius 2 is 2.13 bits per heavy atom. The van der Waals surface area contributed by atoms with Crippen molar-refractivity contribution in [3.63, 3.8) is 0 Å². The van der Waals surface area contributed by atoms with E-state index >= 15 is 0 Å². The quantitative estimate of drug-likeness (QED) is 0.685. The van der Waals surface area contributed by atoms with Crippen molar-refractivity contribution < 1.29 is 27.8 Å². The molecule has 0 unspecified atom stereocenters. The fraction of sp³-hybridized carbons (Fsp3) is 0.214. The number of benzene rings is 1. The number of rotatable bonds is 4. The summed E-state index contributed by atoms with van der Waals surface area (Å²) in [5, 5.41) is 13.9. The Hall–Kier alpha value is -1.74. The molecule has 0 aliphatic heterocycles. The topological polar surface area (TPSA) is 58.6 Å². The van der Waals surface area contributed by atoms with Crippen molar-refractivity contribution in [2.24, 2.45) is 0 Å². The van der Waals surface area contributed by atoms with Gasteiger partial charge in [0.25, 0.3) is 0 Å². The van der Waals surface area contributed by atoms with Crippen molar-refractivity contribution in [3.8, 4) is 5.75 Å². The van der Waals surface area contributed by atoms with E-state index in [1.54, 1.807) is 6.92 Å². The lowest BCUT2D eigenvalue weighted by atomic mass is 10.2. The van der Waals surface area contributed by atoms with Gasteiger partial charge in [0.2, 0.25) is 0 Å². The number of hydrogen-bond acceptors (Lipinski definition) is 5. The average Bonchev–Trinajstić information content (AvgIpc) is 2.81. The summed E-state index contributed by atoms with van der Waals surface area (Å²) in [6.45, 7) is 1.73. The number of anilines is 2. The number of carbonyl (C=O) groups excluding carboxylic acids is 1. The Kier molecular flexibility index (Phi) is 5.20. The van der Waals surface area contributed by atoms with E-state index in [4.69, 9.17) is 4.74 Å². The standard InChI is InChI=1S/C14H11BrF3NO3S/c1-2-22-13(21)11-10(20)6-23-12(11)19-7-3-4-9(15)8(5-7)14(16,17)18/h3-6,19-20H,2H2,1H3. The maximum Gasteiger partial charge on any atom is 0.417 e. The van der Waals surface area contributed by atoms with Gasteiger partial charge < -0.3 is 15.2 Å². The Morgan fingerprint density at radius 3 is 2.74 bits per heavy atom. The van der Waals surface area contributed by atoms with E-state index in [2.05, 4.69) is 21.2 Å². The SMILES string of the molecule is CCOC(=O)c1c(O)csc1Nc1ccc(Br)c(C(F)(F)F)c1. The van der Waals surface area contributed by atoms with Crippen LogP contribution in [0.5, 0.6) is 5.75 Å². The molecule has 2 N–H and O–H groups in total. The summed E-state index contributed by atoms with van der Waals surface area (Å²) in [7, 11) is 0. The summed E-state index contributed by atoms with van der Waals surface area (Å²) >= 11 is 3.84. The molecule has 4 nitrogen and oxygen atoms in total. The van der Waals surface area contributed by atoms with Gasteiger partial charge >= 0.3 is 12.1 Å². The number of alkyl halides is 3. The Bertz CT molecular complexity index is 731. The third-order valence-electron chi connectivity index (χ3n) is 2.78. The van der Waals surface area contributed by atoms with Crippen molar-refractivity contribution in [2.45, 2.75) is 13.1 Å². The summed E-state index contributed by atoms with van der Waals surface area (Å²) < 4.78 is 43.5. The van der Waals surface area contributed by atoms with Crippen LogP contribution in [0.2, 0.25) is 0 Å². The third kappa shape index (κ3) is 3.97. The highest BCUT2D eigenvalue weighted by Crippen LogP contribution is 2.39. The minimum absolute atomic E-state index is 0.0878. The second kappa shape index (κ2) is 6.79. The molecule has 23 heavy (non-hydrogen) atoms. The Balaban J connectivity index is 2.36. The van der Waals surface area contributed by atoms with Crippen molar-refractivity contribution in [1.29, 1.82) is 0 Å². The van der Waals surface area contributed by atoms with Crippen LogP contribution in [0.3, 0.4) is 0 Å². The molecule has 1 heterocycles. The summed E-state index contributed by atoms with van der Waals surface area (Å²) in [6, 6.07) is 3.59. The molecular weight excluding hydrogens is 399 g/mol. The number of nitrogens with one attached hydrogen (secondary N) is 1. The van der Waals surface area contributed by atoms with Crippen LogP contribution in [-0.2, 0) is 10.9 Å². The first-order valence-electron chi connectivity index (χ1n) is 6.35. The smallest absolute Gasteiger partial charge is 0.417 e. The predicted molar refractivity (Wildman–Crippen MR) is 84.4 cm³/mol. The van der Waals surface area contributed by atoms with Crippen LogP contribution < -0.4 is 5.32 Å². The van der Waals surface area contributed by atoms with E-state index in [0.717, 1.165) is 17.4 Å². The minimum atomic E-state index is -4.52. The van der Waals surface area contributed by atoms with Gasteiger partial charge in [0, 0.05) is 15.5 Å². The van der Waals surface area contributed by atoms with E-state index in [1.165, 1.54) is 17.5 Å². The van der Waals surface area contributed by atoms with E-state index < -0.39 is 17.7 Å². The Labute approximate surface area is 142 Å². The molecule has 1 aromatic carbocycles. The van der Waals surface area contributed by atoms with Crippen molar-refractivity contribution in [2.75, 3.05) is 11.9 Å². The summed E-state index contributed by atoms with van der Waals surface area (Å²) in [4.78, 5) is 11.8. The van der Waals surface area contributed by atoms with Gasteiger partial charge in [-0.15, -0.1) is 11.3 Å². The first-order valence-corrected chi connectivity index (χ1v) is 8.02. The largest absolute Gasteiger partial charge is 0.506 e. The zero-order valence-corrected chi connectivity index (χ0v) is 14.1. The van der Waals surface area contributed by atoms with Crippen LogP contribution in [0, 0.1) is 0 Å². The first-order chi connectivity index (χ1) is 10.7. The molecule has 0 aliphatic carbocycles. The fourth-order valence-electron chi connectivity index (χ4n) is 1.79. The summed E-state index contributed by atoms with van der Waals surface area (Å²) in [6.07, 6.45) is -4.52. The number of halogens is 4. The number of carbonyl (C=O) groups is 1. The Morgan fingerprint density at radius 1 is 1.43 bits per heavy atom. The van der Waals surface area contributed by atoms with E-state index in [9.17, 15) is 23.1 Å². The fourth-order valence-corrected chi connectivity index (χ4v) is 3.09. The highest BCUT2D eigenvalue weighted by Gasteiger charge is 2.33. The monoisotopic (exact) mass is 409 g/mol. The van der Waals surface area contributed by atoms with Gasteiger partial charge in [-0.25, -0.2) is 4.79 Å². The van der Waals surface area contributed by atoms with Crippen LogP contribution >= 0.6 is 27.3 Å². The van der Waals surface area contributed by atoms with Crippen molar-refractivity contribution >= 4 is 43.9 Å². The molecule has 0 saturated carbocycles. The molecule has 1 aromatic heterocycles. The van der Waals surface area contributed by atoms with Crippen LogP contribution in [0.1, 0.15) is 22.8 Å². The van der Waals surface area contributed by atoms with E-state index in [1.807, 2.05) is 0 Å². The van der Waals surface area contributed by atoms with Gasteiger partial charge in [-0.1, -0.05) is 15.9 Å². The van der Waals surface area contributed by atoms with Crippen LogP contribution in [-0.4, -0.2) is 17.7 Å². The molecule has 124 valence electrons. The van der Waals surface area contributed by atoms with Gasteiger partial charge in [-0.05, 0) is 25.1 Å². The van der Waals surface area contributed by atoms with E-state index in [-0.39, 0.29) is 33.1 Å². The van der Waals surface area contributed by atoms with Gasteiger partial charge in [0.15, 0.2) is 0 Å². The highest BCUT2D eigenvalue weighted by molar-refractivity contribution is 9.10. The number of thiophene rings is 1. The van der Waals surface area contributed by atoms with Gasteiger partial charge in [-0.2, -0.15) is 13.2 Å². The number of aromatic hydroxyl groups is 1. The molecule has 9 heteroatoms. The molecule has 0 aliphatic rings. The van der Waals surface area contributed by atoms with Gasteiger partial charge in [0.1, 0.15) is 16.3 Å². The average molecular weight is 410 g/mol. The maximum absolute atomic E-state index is 12.9. The number of ether oxygens (including phenoxy) is 1. The highest BCUT2D eigenvalue weighted by atomic mass is 79.9.